The van der Waals surface area contributed by atoms with Gasteiger partial charge in [-0.05, 0) is 43.7 Å². The Kier molecular flexibility index (Phi) is 6.09. The lowest BCUT2D eigenvalue weighted by atomic mass is 10.2. The molecule has 1 aromatic heterocycles. The lowest BCUT2D eigenvalue weighted by Gasteiger charge is -2.40. The number of aromatic nitrogens is 2. The average Bonchev–Trinajstić information content (AvgIpc) is 2.92. The van der Waals surface area contributed by atoms with Gasteiger partial charge in [0.25, 0.3) is 0 Å². The van der Waals surface area contributed by atoms with Crippen LogP contribution in [0.5, 0.6) is 0 Å². The minimum Gasteiger partial charge on any atom is -0.412 e. The fraction of sp³-hybridized carbons (Fsp3) is 0.706. The maximum Gasteiger partial charge on any atom is 0.192 e. The van der Waals surface area contributed by atoms with Crippen LogP contribution in [0.15, 0.2) is 11.4 Å². The summed E-state index contributed by atoms with van der Waals surface area (Å²) < 4.78 is 6.62. The summed E-state index contributed by atoms with van der Waals surface area (Å²) >= 11 is 1.47. The van der Waals surface area contributed by atoms with Crippen LogP contribution in [0.3, 0.4) is 0 Å². The largest absolute Gasteiger partial charge is 0.412 e. The minimum atomic E-state index is -1.82. The van der Waals surface area contributed by atoms with Gasteiger partial charge in [-0.1, -0.05) is 32.5 Å². The third kappa shape index (κ3) is 4.37. The van der Waals surface area contributed by atoms with Crippen LogP contribution in [0.2, 0.25) is 18.1 Å². The molecule has 7 heteroatoms. The Morgan fingerprint density at radius 3 is 2.67 bits per heavy atom. The highest BCUT2D eigenvalue weighted by Gasteiger charge is 2.42. The molecule has 0 radical (unpaired) electrons. The number of hydrogen-bond donors (Lipinski definition) is 1. The number of rotatable bonds is 6. The molecule has 0 aromatic carbocycles. The highest BCUT2D eigenvalue weighted by Crippen LogP contribution is 2.40. The predicted octanol–water partition coefficient (Wildman–Crippen LogP) is 4.37. The number of anilines is 1. The van der Waals surface area contributed by atoms with Gasteiger partial charge in [0.1, 0.15) is 5.82 Å². The van der Waals surface area contributed by atoms with E-state index in [9.17, 15) is 4.79 Å². The topological polar surface area (TPSA) is 64.1 Å². The van der Waals surface area contributed by atoms with E-state index >= 15 is 0 Å². The Balaban J connectivity index is 2.16. The van der Waals surface area contributed by atoms with Crippen LogP contribution in [0.1, 0.15) is 50.4 Å². The van der Waals surface area contributed by atoms with E-state index in [4.69, 9.17) is 4.43 Å². The molecule has 5 nitrogen and oxygen atoms in total. The first kappa shape index (κ1) is 19.4. The zero-order chi connectivity index (χ0) is 18.0. The summed E-state index contributed by atoms with van der Waals surface area (Å²) in [5.41, 5.74) is 0.505. The van der Waals surface area contributed by atoms with Crippen LogP contribution < -0.4 is 5.32 Å². The van der Waals surface area contributed by atoms with Gasteiger partial charge >= 0.3 is 0 Å². The molecule has 0 amide bonds. The molecule has 2 unspecified atom stereocenters. The van der Waals surface area contributed by atoms with Gasteiger partial charge in [-0.25, -0.2) is 9.97 Å². The zero-order valence-corrected chi connectivity index (χ0v) is 17.4. The fourth-order valence-electron chi connectivity index (χ4n) is 2.64. The van der Waals surface area contributed by atoms with Gasteiger partial charge < -0.3 is 9.74 Å². The molecular formula is C17H29N3O2SSi. The van der Waals surface area contributed by atoms with E-state index in [1.165, 1.54) is 11.8 Å². The molecule has 1 fully saturated rings. The number of hydrogen-bond acceptors (Lipinski definition) is 6. The lowest BCUT2D eigenvalue weighted by Crippen LogP contribution is -2.47. The number of nitrogens with one attached hydrogen (secondary N) is 1. The molecule has 0 aliphatic heterocycles. The Hall–Kier alpha value is -0.923. The summed E-state index contributed by atoms with van der Waals surface area (Å²) in [6, 6.07) is 0.197. The summed E-state index contributed by atoms with van der Waals surface area (Å²) in [6.07, 6.45) is 7.74. The lowest BCUT2D eigenvalue weighted by molar-refractivity contribution is 0.112. The first-order valence-corrected chi connectivity index (χ1v) is 12.6. The van der Waals surface area contributed by atoms with Crippen molar-refractivity contribution in [3.63, 3.8) is 0 Å². The molecule has 24 heavy (non-hydrogen) atoms. The van der Waals surface area contributed by atoms with Crippen molar-refractivity contribution in [2.45, 2.75) is 75.5 Å². The van der Waals surface area contributed by atoms with Crippen molar-refractivity contribution in [3.8, 4) is 0 Å². The fourth-order valence-corrected chi connectivity index (χ4v) is 4.37. The van der Waals surface area contributed by atoms with Crippen LogP contribution in [-0.4, -0.2) is 43.0 Å². The Bertz CT molecular complexity index is 590. The molecule has 1 saturated carbocycles. The standard InChI is InChI=1S/C17H29N3O2SSi/c1-17(2,3)24(5,6)22-14-9-7-8-13(14)19-15-12(11-21)10-18-16(20-15)23-4/h10-11,13-14H,7-9H2,1-6H3,(H,18,19,20). The SMILES string of the molecule is CSc1ncc(C=O)c(NC2CCCC2O[Si](C)(C)C(C)(C)C)n1. The number of carbonyl (C=O) groups excluding carboxylic acids is 1. The molecule has 134 valence electrons. The van der Waals surface area contributed by atoms with Gasteiger partial charge in [0.15, 0.2) is 19.8 Å². The summed E-state index contributed by atoms with van der Waals surface area (Å²) in [5, 5.41) is 4.32. The maximum atomic E-state index is 11.3. The molecule has 0 spiro atoms. The van der Waals surface area contributed by atoms with Gasteiger partial charge in [0.2, 0.25) is 0 Å². The van der Waals surface area contributed by atoms with Crippen molar-refractivity contribution >= 4 is 32.2 Å². The summed E-state index contributed by atoms with van der Waals surface area (Å²) in [5.74, 6) is 0.625. The second-order valence-electron chi connectivity index (χ2n) is 7.88. The Labute approximate surface area is 150 Å². The van der Waals surface area contributed by atoms with Gasteiger partial charge in [0, 0.05) is 6.20 Å². The van der Waals surface area contributed by atoms with E-state index in [2.05, 4.69) is 49.1 Å². The quantitative estimate of drug-likeness (QED) is 0.349. The molecule has 2 rings (SSSR count). The summed E-state index contributed by atoms with van der Waals surface area (Å²) in [6.45, 7) is 11.4. The maximum absolute atomic E-state index is 11.3. The third-order valence-corrected chi connectivity index (χ3v) is 10.2. The van der Waals surface area contributed by atoms with Crippen LogP contribution in [0.4, 0.5) is 5.82 Å². The van der Waals surface area contributed by atoms with Crippen LogP contribution in [0.25, 0.3) is 0 Å². The molecule has 1 aliphatic rings. The van der Waals surface area contributed by atoms with Crippen molar-refractivity contribution in [3.05, 3.63) is 11.8 Å². The van der Waals surface area contributed by atoms with E-state index in [1.54, 1.807) is 6.20 Å². The summed E-state index contributed by atoms with van der Waals surface area (Å²) in [4.78, 5) is 19.9. The third-order valence-electron chi connectivity index (χ3n) is 5.13. The molecule has 1 aromatic rings. The highest BCUT2D eigenvalue weighted by atomic mass is 32.2. The van der Waals surface area contributed by atoms with E-state index in [0.29, 0.717) is 16.5 Å². The number of nitrogens with zero attached hydrogens (tertiary/aromatic N) is 2. The first-order chi connectivity index (χ1) is 11.2. The molecule has 0 bridgehead atoms. The molecular weight excluding hydrogens is 338 g/mol. The van der Waals surface area contributed by atoms with Crippen molar-refractivity contribution in [1.82, 2.24) is 9.97 Å². The normalized spacial score (nSPS) is 21.8. The highest BCUT2D eigenvalue weighted by molar-refractivity contribution is 7.98. The smallest absolute Gasteiger partial charge is 0.192 e. The molecule has 1 aliphatic carbocycles. The second kappa shape index (κ2) is 7.54. The van der Waals surface area contributed by atoms with Crippen molar-refractivity contribution < 1.29 is 9.22 Å². The van der Waals surface area contributed by atoms with Crippen LogP contribution in [0, 0.1) is 0 Å². The average molecular weight is 368 g/mol. The van der Waals surface area contributed by atoms with Gasteiger partial charge in [-0.3, -0.25) is 4.79 Å². The monoisotopic (exact) mass is 367 g/mol. The molecule has 2 atom stereocenters. The van der Waals surface area contributed by atoms with Crippen molar-refractivity contribution in [2.24, 2.45) is 0 Å². The molecule has 1 heterocycles. The summed E-state index contributed by atoms with van der Waals surface area (Å²) in [7, 11) is -1.82. The van der Waals surface area contributed by atoms with Crippen LogP contribution in [-0.2, 0) is 4.43 Å². The van der Waals surface area contributed by atoms with Gasteiger partial charge in [-0.15, -0.1) is 0 Å². The Morgan fingerprint density at radius 1 is 1.38 bits per heavy atom. The number of thioether (sulfide) groups is 1. The first-order valence-electron chi connectivity index (χ1n) is 8.48. The van der Waals surface area contributed by atoms with Gasteiger partial charge in [-0.2, -0.15) is 0 Å². The number of carbonyl (C=O) groups is 1. The number of aldehydes is 1. The zero-order valence-electron chi connectivity index (χ0n) is 15.5. The molecule has 1 N–H and O–H groups in total. The molecule has 0 saturated heterocycles. The van der Waals surface area contributed by atoms with Crippen molar-refractivity contribution in [2.75, 3.05) is 11.6 Å². The van der Waals surface area contributed by atoms with E-state index < -0.39 is 8.32 Å². The Morgan fingerprint density at radius 2 is 2.08 bits per heavy atom. The minimum absolute atomic E-state index is 0.179. The predicted molar refractivity (Wildman–Crippen MR) is 103 cm³/mol. The van der Waals surface area contributed by atoms with E-state index in [1.807, 2.05) is 6.26 Å². The van der Waals surface area contributed by atoms with E-state index in [-0.39, 0.29) is 17.2 Å². The van der Waals surface area contributed by atoms with Gasteiger partial charge in [0.05, 0.1) is 17.7 Å². The van der Waals surface area contributed by atoms with E-state index in [0.717, 1.165) is 25.5 Å². The second-order valence-corrected chi connectivity index (χ2v) is 13.4. The van der Waals surface area contributed by atoms with Crippen molar-refractivity contribution in [1.29, 1.82) is 0 Å². The van der Waals surface area contributed by atoms with Crippen LogP contribution >= 0.6 is 11.8 Å².